The van der Waals surface area contributed by atoms with Crippen LogP contribution in [-0.2, 0) is 30.9 Å². The fourth-order valence-corrected chi connectivity index (χ4v) is 6.69. The van der Waals surface area contributed by atoms with E-state index in [1.807, 2.05) is 18.2 Å². The standard InChI is InChI=1S/C22H30BrN5O7S2/c1-18-15-20(28(29)30)16-21(22(18)26(8-6-23)13-14-35-36(2,31)32)37(33,34)27-11-9-25(10-12-27)17-19-5-3-4-7-24-19/h3-5,7,15-16H,6,8-14,17H2,1-2H3. The maximum absolute atomic E-state index is 13.8. The van der Waals surface area contributed by atoms with Crippen molar-refractivity contribution in [1.82, 2.24) is 14.2 Å². The van der Waals surface area contributed by atoms with Gasteiger partial charge >= 0.3 is 0 Å². The van der Waals surface area contributed by atoms with Gasteiger partial charge in [-0.05, 0) is 24.6 Å². The lowest BCUT2D eigenvalue weighted by Crippen LogP contribution is -2.48. The third-order valence-corrected chi connectivity index (χ3v) is 8.71. The van der Waals surface area contributed by atoms with Gasteiger partial charge in [-0.25, -0.2) is 8.42 Å². The first-order chi connectivity index (χ1) is 17.4. The van der Waals surface area contributed by atoms with Crippen LogP contribution in [-0.4, -0.2) is 93.4 Å². The summed E-state index contributed by atoms with van der Waals surface area (Å²) in [6.07, 6.45) is 2.64. The molecule has 0 atom stereocenters. The fourth-order valence-electron chi connectivity index (χ4n) is 4.16. The maximum atomic E-state index is 13.8. The summed E-state index contributed by atoms with van der Waals surface area (Å²) in [5.74, 6) is 0. The third kappa shape index (κ3) is 7.91. The molecule has 0 aliphatic carbocycles. The van der Waals surface area contributed by atoms with E-state index in [9.17, 15) is 26.9 Å². The predicted octanol–water partition coefficient (Wildman–Crippen LogP) is 1.98. The molecule has 1 aliphatic rings. The second-order valence-corrected chi connectivity index (χ2v) is 12.9. The summed E-state index contributed by atoms with van der Waals surface area (Å²) in [6.45, 7) is 3.77. The molecule has 37 heavy (non-hydrogen) atoms. The Balaban J connectivity index is 1.91. The molecule has 0 saturated carbocycles. The SMILES string of the molecule is Cc1cc([N+](=O)[O-])cc(S(=O)(=O)N2CCN(Cc3ccccn3)CC2)c1N(CCBr)CCOS(C)(=O)=O. The average molecular weight is 621 g/mol. The molecule has 1 saturated heterocycles. The highest BCUT2D eigenvalue weighted by molar-refractivity contribution is 9.09. The van der Waals surface area contributed by atoms with E-state index >= 15 is 0 Å². The lowest BCUT2D eigenvalue weighted by Gasteiger charge is -2.35. The minimum atomic E-state index is -4.11. The van der Waals surface area contributed by atoms with Crippen molar-refractivity contribution in [3.63, 3.8) is 0 Å². The molecule has 0 amide bonds. The number of alkyl halides is 1. The first-order valence-electron chi connectivity index (χ1n) is 11.5. The zero-order valence-electron chi connectivity index (χ0n) is 20.6. The molecule has 2 heterocycles. The van der Waals surface area contributed by atoms with Gasteiger partial charge in [-0.1, -0.05) is 22.0 Å². The van der Waals surface area contributed by atoms with Crippen LogP contribution in [0.3, 0.4) is 0 Å². The summed E-state index contributed by atoms with van der Waals surface area (Å²) in [6, 6.07) is 8.04. The normalized spacial score (nSPS) is 15.5. The minimum Gasteiger partial charge on any atom is -0.367 e. The van der Waals surface area contributed by atoms with E-state index < -0.39 is 25.1 Å². The van der Waals surface area contributed by atoms with E-state index in [0.29, 0.717) is 37.1 Å². The van der Waals surface area contributed by atoms with E-state index in [1.54, 1.807) is 18.0 Å². The Labute approximate surface area is 225 Å². The van der Waals surface area contributed by atoms with Crippen molar-refractivity contribution in [3.05, 3.63) is 57.9 Å². The van der Waals surface area contributed by atoms with Crippen molar-refractivity contribution in [2.45, 2.75) is 18.4 Å². The van der Waals surface area contributed by atoms with Crippen molar-refractivity contribution in [3.8, 4) is 0 Å². The number of pyridine rings is 1. The number of rotatable bonds is 12. The Morgan fingerprint density at radius 1 is 1.14 bits per heavy atom. The minimum absolute atomic E-state index is 0.0672. The molecule has 3 rings (SSSR count). The fraction of sp³-hybridized carbons (Fsp3) is 0.500. The number of anilines is 1. The topological polar surface area (TPSA) is 143 Å². The Hall–Kier alpha value is -2.17. The molecule has 1 aliphatic heterocycles. The number of nitro groups is 1. The van der Waals surface area contributed by atoms with Gasteiger partial charge in [0.2, 0.25) is 10.0 Å². The molecule has 0 radical (unpaired) electrons. The molecule has 1 aromatic heterocycles. The largest absolute Gasteiger partial charge is 0.367 e. The Morgan fingerprint density at radius 2 is 1.84 bits per heavy atom. The van der Waals surface area contributed by atoms with Crippen LogP contribution in [0.4, 0.5) is 11.4 Å². The van der Waals surface area contributed by atoms with Crippen LogP contribution in [0.1, 0.15) is 11.3 Å². The van der Waals surface area contributed by atoms with Crippen LogP contribution in [0, 0.1) is 17.0 Å². The highest BCUT2D eigenvalue weighted by atomic mass is 79.9. The maximum Gasteiger partial charge on any atom is 0.271 e. The predicted molar refractivity (Wildman–Crippen MR) is 143 cm³/mol. The molecular formula is C22H30BrN5O7S2. The summed E-state index contributed by atoms with van der Waals surface area (Å²) in [4.78, 5) is 18.9. The molecule has 0 spiro atoms. The number of aryl methyl sites for hydroxylation is 1. The molecule has 15 heteroatoms. The van der Waals surface area contributed by atoms with Crippen molar-refractivity contribution in [2.24, 2.45) is 0 Å². The number of nitrogens with zero attached hydrogens (tertiary/aromatic N) is 5. The van der Waals surface area contributed by atoms with Gasteiger partial charge in [0, 0.05) is 69.5 Å². The second kappa shape index (κ2) is 12.6. The number of sulfonamides is 1. The number of hydrogen-bond donors (Lipinski definition) is 0. The summed E-state index contributed by atoms with van der Waals surface area (Å²) < 4.78 is 56.8. The van der Waals surface area contributed by atoms with Crippen LogP contribution in [0.15, 0.2) is 41.4 Å². The zero-order chi connectivity index (χ0) is 27.2. The Kier molecular flexibility index (Phi) is 9.99. The molecule has 0 bridgehead atoms. The molecule has 1 aromatic carbocycles. The molecule has 0 unspecified atom stereocenters. The molecular weight excluding hydrogens is 590 g/mol. The monoisotopic (exact) mass is 619 g/mol. The van der Waals surface area contributed by atoms with E-state index in [1.165, 1.54) is 10.4 Å². The highest BCUT2D eigenvalue weighted by Crippen LogP contribution is 2.35. The average Bonchev–Trinajstić information content (AvgIpc) is 2.83. The van der Waals surface area contributed by atoms with Gasteiger partial charge in [-0.3, -0.25) is 24.2 Å². The van der Waals surface area contributed by atoms with Gasteiger partial charge in [-0.2, -0.15) is 12.7 Å². The first-order valence-corrected chi connectivity index (χ1v) is 15.9. The van der Waals surface area contributed by atoms with Gasteiger partial charge in [0.05, 0.1) is 29.2 Å². The van der Waals surface area contributed by atoms with Crippen molar-refractivity contribution < 1.29 is 25.9 Å². The number of aromatic nitrogens is 1. The highest BCUT2D eigenvalue weighted by Gasteiger charge is 2.34. The molecule has 12 nitrogen and oxygen atoms in total. The van der Waals surface area contributed by atoms with Crippen LogP contribution in [0.25, 0.3) is 0 Å². The number of non-ortho nitro benzene ring substituents is 1. The van der Waals surface area contributed by atoms with Gasteiger partial charge < -0.3 is 4.90 Å². The second-order valence-electron chi connectivity index (χ2n) is 8.57. The summed E-state index contributed by atoms with van der Waals surface area (Å²) in [5, 5.41) is 12.0. The van der Waals surface area contributed by atoms with Gasteiger partial charge in [0.15, 0.2) is 0 Å². The van der Waals surface area contributed by atoms with Crippen LogP contribution in [0.5, 0.6) is 0 Å². The number of halogens is 1. The number of nitro benzene ring substituents is 1. The number of piperazine rings is 1. The van der Waals surface area contributed by atoms with Crippen molar-refractivity contribution in [2.75, 3.05) is 62.4 Å². The number of benzene rings is 1. The zero-order valence-corrected chi connectivity index (χ0v) is 23.8. The van der Waals surface area contributed by atoms with Crippen molar-refractivity contribution in [1.29, 1.82) is 0 Å². The molecule has 2 aromatic rings. The van der Waals surface area contributed by atoms with Gasteiger partial charge in [-0.15, -0.1) is 0 Å². The third-order valence-electron chi connectivity index (χ3n) is 5.85. The smallest absolute Gasteiger partial charge is 0.271 e. The summed E-state index contributed by atoms with van der Waals surface area (Å²) in [7, 11) is -7.81. The van der Waals surface area contributed by atoms with E-state index in [2.05, 4.69) is 25.8 Å². The summed E-state index contributed by atoms with van der Waals surface area (Å²) >= 11 is 3.35. The molecule has 0 N–H and O–H groups in total. The first kappa shape index (κ1) is 29.4. The lowest BCUT2D eigenvalue weighted by atomic mass is 10.1. The van der Waals surface area contributed by atoms with Crippen LogP contribution < -0.4 is 4.90 Å². The van der Waals surface area contributed by atoms with Crippen LogP contribution >= 0.6 is 15.9 Å². The van der Waals surface area contributed by atoms with Gasteiger partial charge in [0.25, 0.3) is 15.8 Å². The van der Waals surface area contributed by atoms with Crippen molar-refractivity contribution >= 4 is 47.4 Å². The van der Waals surface area contributed by atoms with Crippen LogP contribution in [0.2, 0.25) is 0 Å². The Morgan fingerprint density at radius 3 is 2.41 bits per heavy atom. The summed E-state index contributed by atoms with van der Waals surface area (Å²) in [5.41, 5.74) is 1.23. The quantitative estimate of drug-likeness (QED) is 0.150. The lowest BCUT2D eigenvalue weighted by molar-refractivity contribution is -0.385. The van der Waals surface area contributed by atoms with E-state index in [0.717, 1.165) is 18.0 Å². The van der Waals surface area contributed by atoms with E-state index in [4.69, 9.17) is 4.18 Å². The Bertz CT molecular complexity index is 1300. The molecule has 1 fully saturated rings. The molecule has 204 valence electrons. The van der Waals surface area contributed by atoms with Gasteiger partial charge in [0.1, 0.15) is 4.90 Å². The van der Waals surface area contributed by atoms with E-state index in [-0.39, 0.29) is 42.5 Å². The number of hydrogen-bond acceptors (Lipinski definition) is 10.